The summed E-state index contributed by atoms with van der Waals surface area (Å²) in [5.41, 5.74) is 6.45. The zero-order valence-corrected chi connectivity index (χ0v) is 11.6. The molecular weight excluding hydrogens is 256 g/mol. The number of epoxide rings is 1. The third-order valence-electron chi connectivity index (χ3n) is 3.29. The fraction of sp³-hybridized carbons (Fsp3) is 0.533. The Labute approximate surface area is 119 Å². The van der Waals surface area contributed by atoms with Gasteiger partial charge >= 0.3 is 6.09 Å². The first kappa shape index (κ1) is 14.8. The van der Waals surface area contributed by atoms with Crippen molar-refractivity contribution in [1.29, 1.82) is 0 Å². The van der Waals surface area contributed by atoms with Gasteiger partial charge in [-0.3, -0.25) is 0 Å². The molecule has 0 spiro atoms. The molecule has 5 nitrogen and oxygen atoms in total. The smallest absolute Gasteiger partial charge is 0.407 e. The van der Waals surface area contributed by atoms with Crippen molar-refractivity contribution in [3.8, 4) is 0 Å². The van der Waals surface area contributed by atoms with Crippen LogP contribution in [-0.2, 0) is 16.1 Å². The van der Waals surface area contributed by atoms with Crippen molar-refractivity contribution in [3.63, 3.8) is 0 Å². The summed E-state index contributed by atoms with van der Waals surface area (Å²) in [5.74, 6) is 0. The molecule has 0 saturated carbocycles. The van der Waals surface area contributed by atoms with Crippen LogP contribution in [0.5, 0.6) is 0 Å². The second-order valence-corrected chi connectivity index (χ2v) is 4.97. The van der Waals surface area contributed by atoms with E-state index in [2.05, 4.69) is 5.32 Å². The Morgan fingerprint density at radius 2 is 2.15 bits per heavy atom. The lowest BCUT2D eigenvalue weighted by Crippen LogP contribution is -2.39. The van der Waals surface area contributed by atoms with E-state index in [0.29, 0.717) is 13.2 Å². The van der Waals surface area contributed by atoms with Gasteiger partial charge in [-0.05, 0) is 24.9 Å². The summed E-state index contributed by atoms with van der Waals surface area (Å²) in [6.07, 6.45) is 2.57. The van der Waals surface area contributed by atoms with Crippen LogP contribution in [0.15, 0.2) is 30.3 Å². The summed E-state index contributed by atoms with van der Waals surface area (Å²) >= 11 is 0. The van der Waals surface area contributed by atoms with Crippen LogP contribution in [0.4, 0.5) is 4.79 Å². The van der Waals surface area contributed by atoms with E-state index in [1.165, 1.54) is 0 Å². The highest BCUT2D eigenvalue weighted by atomic mass is 16.6. The van der Waals surface area contributed by atoms with Crippen LogP contribution >= 0.6 is 0 Å². The molecule has 0 unspecified atom stereocenters. The molecule has 1 saturated heterocycles. The van der Waals surface area contributed by atoms with E-state index in [0.717, 1.165) is 24.8 Å². The number of hydrogen-bond acceptors (Lipinski definition) is 4. The summed E-state index contributed by atoms with van der Waals surface area (Å²) in [6.45, 7) is 1.68. The van der Waals surface area contributed by atoms with Crippen molar-refractivity contribution in [2.75, 3.05) is 13.2 Å². The van der Waals surface area contributed by atoms with Crippen LogP contribution in [0.25, 0.3) is 0 Å². The fourth-order valence-corrected chi connectivity index (χ4v) is 2.06. The maximum absolute atomic E-state index is 11.8. The summed E-state index contributed by atoms with van der Waals surface area (Å²) in [7, 11) is 0. The molecule has 1 heterocycles. The quantitative estimate of drug-likeness (QED) is 0.561. The molecule has 0 radical (unpaired) electrons. The van der Waals surface area contributed by atoms with Crippen molar-refractivity contribution >= 4 is 6.09 Å². The lowest BCUT2D eigenvalue weighted by atomic mass is 10.1. The SMILES string of the molecule is NCCCC[C@H](NC(=O)OCc1ccccc1)[C@H]1CO1. The zero-order chi connectivity index (χ0) is 14.2. The molecule has 5 heteroatoms. The minimum absolute atomic E-state index is 0.0322. The number of hydrogen-bond donors (Lipinski definition) is 2. The van der Waals surface area contributed by atoms with Gasteiger partial charge in [0.2, 0.25) is 0 Å². The Kier molecular flexibility index (Phi) is 5.83. The first-order valence-electron chi connectivity index (χ1n) is 7.08. The van der Waals surface area contributed by atoms with Gasteiger partial charge in [-0.25, -0.2) is 4.79 Å². The van der Waals surface area contributed by atoms with Crippen molar-refractivity contribution in [2.24, 2.45) is 5.73 Å². The molecule has 1 aliphatic rings. The minimum Gasteiger partial charge on any atom is -0.445 e. The van der Waals surface area contributed by atoms with E-state index in [1.54, 1.807) is 0 Å². The number of amides is 1. The highest BCUT2D eigenvalue weighted by Crippen LogP contribution is 2.18. The summed E-state index contributed by atoms with van der Waals surface area (Å²) in [6, 6.07) is 9.66. The van der Waals surface area contributed by atoms with Crippen molar-refractivity contribution in [1.82, 2.24) is 5.32 Å². The van der Waals surface area contributed by atoms with Crippen LogP contribution in [0, 0.1) is 0 Å². The second-order valence-electron chi connectivity index (χ2n) is 4.97. The molecule has 2 atom stereocenters. The first-order valence-corrected chi connectivity index (χ1v) is 7.08. The number of ether oxygens (including phenoxy) is 2. The van der Waals surface area contributed by atoms with Gasteiger partial charge in [0.15, 0.2) is 0 Å². The molecule has 1 aliphatic heterocycles. The van der Waals surface area contributed by atoms with Crippen LogP contribution in [0.1, 0.15) is 24.8 Å². The molecular formula is C15H22N2O3. The maximum atomic E-state index is 11.8. The zero-order valence-electron chi connectivity index (χ0n) is 11.6. The summed E-state index contributed by atoms with van der Waals surface area (Å²) in [4.78, 5) is 11.8. The van der Waals surface area contributed by atoms with Crippen molar-refractivity contribution < 1.29 is 14.3 Å². The van der Waals surface area contributed by atoms with Crippen LogP contribution in [0.2, 0.25) is 0 Å². The number of unbranched alkanes of at least 4 members (excludes halogenated alkanes) is 1. The van der Waals surface area contributed by atoms with Crippen LogP contribution in [-0.4, -0.2) is 31.4 Å². The molecule has 0 aliphatic carbocycles. The van der Waals surface area contributed by atoms with Crippen molar-refractivity contribution in [2.45, 2.75) is 38.0 Å². The van der Waals surface area contributed by atoms with Crippen molar-refractivity contribution in [3.05, 3.63) is 35.9 Å². The monoisotopic (exact) mass is 278 g/mol. The molecule has 110 valence electrons. The van der Waals surface area contributed by atoms with Crippen LogP contribution < -0.4 is 11.1 Å². The number of alkyl carbamates (subject to hydrolysis) is 1. The summed E-state index contributed by atoms with van der Waals surface area (Å²) < 4.78 is 10.5. The van der Waals surface area contributed by atoms with Gasteiger partial charge in [0, 0.05) is 0 Å². The second kappa shape index (κ2) is 7.87. The van der Waals surface area contributed by atoms with Gasteiger partial charge in [0.1, 0.15) is 12.7 Å². The Balaban J connectivity index is 1.71. The first-order chi connectivity index (χ1) is 9.79. The van der Waals surface area contributed by atoms with Gasteiger partial charge in [0.05, 0.1) is 12.6 Å². The predicted octanol–water partition coefficient (Wildman–Crippen LogP) is 1.81. The van der Waals surface area contributed by atoms with Gasteiger partial charge < -0.3 is 20.5 Å². The normalized spacial score (nSPS) is 18.4. The Hall–Kier alpha value is -1.59. The highest BCUT2D eigenvalue weighted by molar-refractivity contribution is 5.67. The van der Waals surface area contributed by atoms with Gasteiger partial charge in [-0.15, -0.1) is 0 Å². The molecule has 1 aromatic carbocycles. The predicted molar refractivity (Wildman–Crippen MR) is 76.2 cm³/mol. The fourth-order valence-electron chi connectivity index (χ4n) is 2.06. The molecule has 1 fully saturated rings. The third kappa shape index (κ3) is 5.19. The third-order valence-corrected chi connectivity index (χ3v) is 3.29. The highest BCUT2D eigenvalue weighted by Gasteiger charge is 2.33. The topological polar surface area (TPSA) is 76.9 Å². The number of nitrogens with one attached hydrogen (secondary N) is 1. The number of nitrogens with two attached hydrogens (primary N) is 1. The Morgan fingerprint density at radius 3 is 2.80 bits per heavy atom. The minimum atomic E-state index is -0.387. The largest absolute Gasteiger partial charge is 0.445 e. The van der Waals surface area contributed by atoms with E-state index in [9.17, 15) is 4.79 Å². The van der Waals surface area contributed by atoms with E-state index < -0.39 is 0 Å². The number of rotatable bonds is 8. The van der Waals surface area contributed by atoms with E-state index in [4.69, 9.17) is 15.2 Å². The summed E-state index contributed by atoms with van der Waals surface area (Å²) in [5, 5.41) is 2.88. The van der Waals surface area contributed by atoms with Gasteiger partial charge in [0.25, 0.3) is 0 Å². The van der Waals surface area contributed by atoms with E-state index in [1.807, 2.05) is 30.3 Å². The lowest BCUT2D eigenvalue weighted by molar-refractivity contribution is 0.132. The van der Waals surface area contributed by atoms with E-state index >= 15 is 0 Å². The molecule has 2 rings (SSSR count). The Morgan fingerprint density at radius 1 is 1.40 bits per heavy atom. The van der Waals surface area contributed by atoms with Gasteiger partial charge in [-0.1, -0.05) is 36.8 Å². The maximum Gasteiger partial charge on any atom is 0.407 e. The molecule has 1 aromatic rings. The van der Waals surface area contributed by atoms with E-state index in [-0.39, 0.29) is 24.8 Å². The number of carbonyl (C=O) groups is 1. The standard InChI is InChI=1S/C15H22N2O3/c16-9-5-4-8-13(14-11-19-14)17-15(18)20-10-12-6-2-1-3-7-12/h1-3,6-7,13-14H,4-5,8-11,16H2,(H,17,18)/t13-,14+/m0/s1. The van der Waals surface area contributed by atoms with Crippen LogP contribution in [0.3, 0.4) is 0 Å². The number of benzene rings is 1. The molecule has 20 heavy (non-hydrogen) atoms. The van der Waals surface area contributed by atoms with Gasteiger partial charge in [-0.2, -0.15) is 0 Å². The molecule has 0 aromatic heterocycles. The Bertz CT molecular complexity index is 407. The average Bonchev–Trinajstić information content (AvgIpc) is 3.30. The number of carbonyl (C=O) groups excluding carboxylic acids is 1. The molecule has 1 amide bonds. The lowest BCUT2D eigenvalue weighted by Gasteiger charge is -2.16. The molecule has 3 N–H and O–H groups in total. The average molecular weight is 278 g/mol. The molecule has 0 bridgehead atoms.